The molecule has 0 aromatic heterocycles. The van der Waals surface area contributed by atoms with E-state index in [2.05, 4.69) is 5.32 Å². The molecule has 1 N–H and O–H groups in total. The minimum Gasteiger partial charge on any atom is -0.494 e. The normalized spacial score (nSPS) is 10.0. The number of nitrogens with zero attached hydrogens (tertiary/aromatic N) is 1. The van der Waals surface area contributed by atoms with Crippen LogP contribution < -0.4 is 10.1 Å². The van der Waals surface area contributed by atoms with E-state index >= 15 is 0 Å². The van der Waals surface area contributed by atoms with E-state index in [0.29, 0.717) is 24.4 Å². The maximum Gasteiger partial charge on any atom is 0.339 e. The number of nitrogens with one attached hydrogen (secondary N) is 1. The van der Waals surface area contributed by atoms with Crippen molar-refractivity contribution in [3.63, 3.8) is 0 Å². The number of benzene rings is 2. The SMILES string of the molecule is CCOc1ccc(CN(C)C(=O)Nc2ccccc2C(=O)OC)cc1. The van der Waals surface area contributed by atoms with Gasteiger partial charge in [-0.15, -0.1) is 0 Å². The molecule has 0 fully saturated rings. The molecule has 0 heterocycles. The van der Waals surface area contributed by atoms with Gasteiger partial charge in [-0.25, -0.2) is 9.59 Å². The Balaban J connectivity index is 2.02. The molecule has 0 saturated heterocycles. The molecule has 25 heavy (non-hydrogen) atoms. The van der Waals surface area contributed by atoms with Crippen molar-refractivity contribution >= 4 is 17.7 Å². The maximum absolute atomic E-state index is 12.4. The summed E-state index contributed by atoms with van der Waals surface area (Å²) in [6, 6.07) is 14.0. The maximum atomic E-state index is 12.4. The van der Waals surface area contributed by atoms with Crippen molar-refractivity contribution in [1.82, 2.24) is 4.90 Å². The molecule has 2 rings (SSSR count). The Morgan fingerprint density at radius 1 is 1.08 bits per heavy atom. The molecule has 0 aliphatic carbocycles. The summed E-state index contributed by atoms with van der Waals surface area (Å²) in [7, 11) is 2.99. The minimum absolute atomic E-state index is 0.313. The Labute approximate surface area is 147 Å². The molecule has 0 radical (unpaired) electrons. The van der Waals surface area contributed by atoms with Crippen LogP contribution in [0.3, 0.4) is 0 Å². The van der Waals surface area contributed by atoms with Gasteiger partial charge < -0.3 is 19.7 Å². The monoisotopic (exact) mass is 342 g/mol. The lowest BCUT2D eigenvalue weighted by Crippen LogP contribution is -2.31. The number of methoxy groups -OCH3 is 1. The third kappa shape index (κ3) is 4.97. The molecule has 0 bridgehead atoms. The van der Waals surface area contributed by atoms with Gasteiger partial charge in [-0.1, -0.05) is 24.3 Å². The first kappa shape index (κ1) is 18.3. The Kier molecular flexibility index (Phi) is 6.39. The van der Waals surface area contributed by atoms with Crippen LogP contribution in [0.15, 0.2) is 48.5 Å². The quantitative estimate of drug-likeness (QED) is 0.816. The summed E-state index contributed by atoms with van der Waals surface area (Å²) in [5, 5.41) is 2.74. The van der Waals surface area contributed by atoms with E-state index in [-0.39, 0.29) is 6.03 Å². The average Bonchev–Trinajstić information content (AvgIpc) is 2.63. The van der Waals surface area contributed by atoms with Crippen LogP contribution in [0.25, 0.3) is 0 Å². The number of carbonyl (C=O) groups excluding carboxylic acids is 2. The van der Waals surface area contributed by atoms with E-state index in [1.165, 1.54) is 12.0 Å². The summed E-state index contributed by atoms with van der Waals surface area (Å²) < 4.78 is 10.1. The van der Waals surface area contributed by atoms with Gasteiger partial charge in [0.1, 0.15) is 5.75 Å². The molecule has 6 heteroatoms. The number of esters is 1. The van der Waals surface area contributed by atoms with E-state index in [1.807, 2.05) is 31.2 Å². The summed E-state index contributed by atoms with van der Waals surface area (Å²) in [6.07, 6.45) is 0. The Bertz CT molecular complexity index is 728. The first-order valence-electron chi connectivity index (χ1n) is 7.96. The predicted molar refractivity (Wildman–Crippen MR) is 95.9 cm³/mol. The lowest BCUT2D eigenvalue weighted by Gasteiger charge is -2.19. The fraction of sp³-hybridized carbons (Fsp3) is 0.263. The fourth-order valence-corrected chi connectivity index (χ4v) is 2.29. The minimum atomic E-state index is -0.495. The van der Waals surface area contributed by atoms with Crippen LogP contribution in [-0.2, 0) is 11.3 Å². The zero-order valence-corrected chi connectivity index (χ0v) is 14.6. The number of hydrogen-bond donors (Lipinski definition) is 1. The van der Waals surface area contributed by atoms with Gasteiger partial charge in [-0.2, -0.15) is 0 Å². The molecular weight excluding hydrogens is 320 g/mol. The van der Waals surface area contributed by atoms with Crippen molar-refractivity contribution < 1.29 is 19.1 Å². The lowest BCUT2D eigenvalue weighted by molar-refractivity contribution is 0.0602. The zero-order valence-electron chi connectivity index (χ0n) is 14.6. The van der Waals surface area contributed by atoms with Crippen LogP contribution in [0, 0.1) is 0 Å². The molecule has 0 saturated carbocycles. The third-order valence-corrected chi connectivity index (χ3v) is 3.57. The fourth-order valence-electron chi connectivity index (χ4n) is 2.29. The van der Waals surface area contributed by atoms with Crippen molar-refractivity contribution in [1.29, 1.82) is 0 Å². The first-order chi connectivity index (χ1) is 12.0. The summed E-state index contributed by atoms with van der Waals surface area (Å²) in [5.41, 5.74) is 1.70. The number of amides is 2. The number of urea groups is 1. The molecule has 0 atom stereocenters. The van der Waals surface area contributed by atoms with Crippen LogP contribution in [0.4, 0.5) is 10.5 Å². The number of para-hydroxylation sites is 1. The van der Waals surface area contributed by atoms with Gasteiger partial charge in [0, 0.05) is 13.6 Å². The van der Waals surface area contributed by atoms with E-state index < -0.39 is 5.97 Å². The van der Waals surface area contributed by atoms with E-state index in [1.54, 1.807) is 31.3 Å². The molecule has 2 amide bonds. The number of rotatable bonds is 6. The number of hydrogen-bond acceptors (Lipinski definition) is 4. The molecule has 6 nitrogen and oxygen atoms in total. The number of anilines is 1. The highest BCUT2D eigenvalue weighted by Gasteiger charge is 2.15. The highest BCUT2D eigenvalue weighted by Crippen LogP contribution is 2.17. The zero-order chi connectivity index (χ0) is 18.2. The summed E-state index contributed by atoms with van der Waals surface area (Å²) >= 11 is 0. The Morgan fingerprint density at radius 2 is 1.76 bits per heavy atom. The summed E-state index contributed by atoms with van der Waals surface area (Å²) in [6.45, 7) is 2.97. The van der Waals surface area contributed by atoms with E-state index in [9.17, 15) is 9.59 Å². The van der Waals surface area contributed by atoms with Gasteiger partial charge in [0.15, 0.2) is 0 Å². The highest BCUT2D eigenvalue weighted by molar-refractivity contribution is 6.00. The van der Waals surface area contributed by atoms with Gasteiger partial charge >= 0.3 is 12.0 Å². The Hall–Kier alpha value is -3.02. The number of ether oxygens (including phenoxy) is 2. The second kappa shape index (κ2) is 8.73. The summed E-state index contributed by atoms with van der Waals surface area (Å²) in [5.74, 6) is 0.301. The van der Waals surface area contributed by atoms with Crippen molar-refractivity contribution in [2.75, 3.05) is 26.1 Å². The standard InChI is InChI=1S/C19H22N2O4/c1-4-25-15-11-9-14(10-12-15)13-21(2)19(23)20-17-8-6-5-7-16(17)18(22)24-3/h5-12H,4,13H2,1-3H3,(H,20,23). The van der Waals surface area contributed by atoms with Crippen molar-refractivity contribution in [2.45, 2.75) is 13.5 Å². The molecule has 2 aromatic carbocycles. The molecule has 132 valence electrons. The van der Waals surface area contributed by atoms with Crippen LogP contribution >= 0.6 is 0 Å². The van der Waals surface area contributed by atoms with Crippen LogP contribution in [-0.4, -0.2) is 37.7 Å². The van der Waals surface area contributed by atoms with Crippen LogP contribution in [0.1, 0.15) is 22.8 Å². The summed E-state index contributed by atoms with van der Waals surface area (Å²) in [4.78, 5) is 25.7. The average molecular weight is 342 g/mol. The second-order valence-electron chi connectivity index (χ2n) is 5.40. The van der Waals surface area contributed by atoms with E-state index in [0.717, 1.165) is 11.3 Å². The van der Waals surface area contributed by atoms with Crippen molar-refractivity contribution in [3.05, 3.63) is 59.7 Å². The number of carbonyl (C=O) groups is 2. The molecule has 0 aliphatic rings. The third-order valence-electron chi connectivity index (χ3n) is 3.57. The van der Waals surface area contributed by atoms with Crippen molar-refractivity contribution in [3.8, 4) is 5.75 Å². The van der Waals surface area contributed by atoms with Crippen LogP contribution in [0.2, 0.25) is 0 Å². The van der Waals surface area contributed by atoms with Gasteiger partial charge in [-0.05, 0) is 36.8 Å². The Morgan fingerprint density at radius 3 is 2.40 bits per heavy atom. The largest absolute Gasteiger partial charge is 0.494 e. The van der Waals surface area contributed by atoms with Gasteiger partial charge in [0.2, 0.25) is 0 Å². The van der Waals surface area contributed by atoms with Gasteiger partial charge in [0.05, 0.1) is 25.0 Å². The topological polar surface area (TPSA) is 67.9 Å². The van der Waals surface area contributed by atoms with Crippen LogP contribution in [0.5, 0.6) is 5.75 Å². The van der Waals surface area contributed by atoms with E-state index in [4.69, 9.17) is 9.47 Å². The predicted octanol–water partition coefficient (Wildman–Crippen LogP) is 3.54. The van der Waals surface area contributed by atoms with Crippen molar-refractivity contribution in [2.24, 2.45) is 0 Å². The smallest absolute Gasteiger partial charge is 0.339 e. The molecule has 2 aromatic rings. The lowest BCUT2D eigenvalue weighted by atomic mass is 10.2. The molecule has 0 spiro atoms. The molecule has 0 aliphatic heterocycles. The second-order valence-corrected chi connectivity index (χ2v) is 5.40. The molecule has 0 unspecified atom stereocenters. The van der Waals surface area contributed by atoms with Gasteiger partial charge in [0.25, 0.3) is 0 Å². The first-order valence-corrected chi connectivity index (χ1v) is 7.96. The van der Waals surface area contributed by atoms with Gasteiger partial charge in [-0.3, -0.25) is 0 Å². The molecular formula is C19H22N2O4. The highest BCUT2D eigenvalue weighted by atomic mass is 16.5.